The zero-order valence-electron chi connectivity index (χ0n) is 10.7. The van der Waals surface area contributed by atoms with Gasteiger partial charge < -0.3 is 25.2 Å². The van der Waals surface area contributed by atoms with Crippen LogP contribution in [0.15, 0.2) is 24.3 Å². The number of rotatable bonds is 4. The number of carbonyl (C=O) groups is 4. The molecule has 8 nitrogen and oxygen atoms in total. The first-order valence-corrected chi connectivity index (χ1v) is 5.76. The van der Waals surface area contributed by atoms with Crippen molar-refractivity contribution in [2.45, 2.75) is 0 Å². The van der Waals surface area contributed by atoms with Gasteiger partial charge in [-0.2, -0.15) is 0 Å². The number of aromatic carboxylic acids is 4. The summed E-state index contributed by atoms with van der Waals surface area (Å²) in [6.45, 7) is 0. The summed E-state index contributed by atoms with van der Waals surface area (Å²) in [7, 11) is 0. The third-order valence-corrected chi connectivity index (χ3v) is 3.07. The molecule has 0 amide bonds. The molecule has 0 aliphatic carbocycles. The lowest BCUT2D eigenvalue weighted by atomic mass is 9.91. The highest BCUT2D eigenvalue weighted by Crippen LogP contribution is 2.30. The van der Waals surface area contributed by atoms with E-state index < -0.39 is 56.9 Å². The molecule has 2 aromatic carbocycles. The van der Waals surface area contributed by atoms with Crippen LogP contribution in [0.4, 0.5) is 0 Å². The zero-order valence-corrected chi connectivity index (χ0v) is 10.7. The lowest BCUT2D eigenvalue weighted by molar-refractivity contribution is -0.254. The van der Waals surface area contributed by atoms with Gasteiger partial charge in [0.2, 0.25) is 0 Å². The van der Waals surface area contributed by atoms with Crippen molar-refractivity contribution in [2.24, 2.45) is 0 Å². The Balaban J connectivity index is 3.17. The first-order chi connectivity index (χ1) is 10.3. The summed E-state index contributed by atoms with van der Waals surface area (Å²) in [5.41, 5.74) is -2.15. The van der Waals surface area contributed by atoms with Crippen molar-refractivity contribution in [2.75, 3.05) is 0 Å². The lowest BCUT2D eigenvalue weighted by Gasteiger charge is -2.14. The van der Waals surface area contributed by atoms with E-state index in [1.807, 2.05) is 0 Å². The van der Waals surface area contributed by atoms with E-state index >= 15 is 0 Å². The van der Waals surface area contributed by atoms with Gasteiger partial charge in [-0.05, 0) is 18.2 Å². The minimum Gasteiger partial charge on any atom is -0.545 e. The molecule has 0 spiro atoms. The Morgan fingerprint density at radius 2 is 0.909 bits per heavy atom. The standard InChI is InChI=1S/C14H8O8/c15-11(16)5-1-2-6(12(17)18)10-8(14(21)22)4-3-7(9(5)10)13(19)20/h1-4H,(H,15,16)(H,17,18)(H,19,20)(H,21,22)/p-1. The maximum atomic E-state index is 11.2. The minimum absolute atomic E-state index is 0.471. The average molecular weight is 303 g/mol. The topological polar surface area (TPSA) is 152 Å². The molecule has 112 valence electrons. The summed E-state index contributed by atoms with van der Waals surface area (Å²) >= 11 is 0. The van der Waals surface area contributed by atoms with Gasteiger partial charge in [-0.1, -0.05) is 6.07 Å². The van der Waals surface area contributed by atoms with Gasteiger partial charge in [0.05, 0.1) is 22.7 Å². The van der Waals surface area contributed by atoms with Crippen molar-refractivity contribution >= 4 is 34.6 Å². The predicted octanol–water partition coefficient (Wildman–Crippen LogP) is 0.298. The molecule has 0 radical (unpaired) electrons. The third-order valence-electron chi connectivity index (χ3n) is 3.07. The van der Waals surface area contributed by atoms with Gasteiger partial charge in [-0.15, -0.1) is 0 Å². The van der Waals surface area contributed by atoms with Crippen molar-refractivity contribution in [3.63, 3.8) is 0 Å². The molecule has 0 saturated carbocycles. The Labute approximate surface area is 121 Å². The van der Waals surface area contributed by atoms with Crippen molar-refractivity contribution < 1.29 is 39.6 Å². The Hall–Kier alpha value is -3.42. The molecule has 0 bridgehead atoms. The molecule has 2 aromatic rings. The van der Waals surface area contributed by atoms with Crippen LogP contribution >= 0.6 is 0 Å². The lowest BCUT2D eigenvalue weighted by Crippen LogP contribution is -2.24. The number of carbonyl (C=O) groups excluding carboxylic acids is 1. The second-order valence-corrected chi connectivity index (χ2v) is 4.27. The van der Waals surface area contributed by atoms with Crippen LogP contribution in [0.3, 0.4) is 0 Å². The number of carboxylic acid groups (broad SMARTS) is 4. The van der Waals surface area contributed by atoms with Gasteiger partial charge in [0, 0.05) is 16.3 Å². The Morgan fingerprint density at radius 3 is 1.18 bits per heavy atom. The van der Waals surface area contributed by atoms with Crippen LogP contribution in [0.5, 0.6) is 0 Å². The van der Waals surface area contributed by atoms with Gasteiger partial charge in [0.1, 0.15) is 0 Å². The first-order valence-electron chi connectivity index (χ1n) is 5.76. The van der Waals surface area contributed by atoms with E-state index in [1.165, 1.54) is 0 Å². The van der Waals surface area contributed by atoms with E-state index in [2.05, 4.69) is 0 Å². The van der Waals surface area contributed by atoms with Crippen LogP contribution in [0.25, 0.3) is 10.8 Å². The van der Waals surface area contributed by atoms with Gasteiger partial charge >= 0.3 is 17.9 Å². The summed E-state index contributed by atoms with van der Waals surface area (Å²) in [4.78, 5) is 44.9. The fraction of sp³-hybridized carbons (Fsp3) is 0. The zero-order chi connectivity index (χ0) is 16.6. The summed E-state index contributed by atoms with van der Waals surface area (Å²) in [5, 5.41) is 37.6. The third kappa shape index (κ3) is 2.22. The molecular weight excluding hydrogens is 296 g/mol. The largest absolute Gasteiger partial charge is 0.545 e. The molecule has 0 fully saturated rings. The van der Waals surface area contributed by atoms with Crippen LogP contribution in [0, 0.1) is 0 Å². The highest BCUT2D eigenvalue weighted by molar-refractivity contribution is 6.21. The van der Waals surface area contributed by atoms with E-state index in [-0.39, 0.29) is 0 Å². The van der Waals surface area contributed by atoms with Crippen LogP contribution in [-0.2, 0) is 0 Å². The fourth-order valence-corrected chi connectivity index (χ4v) is 2.20. The smallest absolute Gasteiger partial charge is 0.336 e. The summed E-state index contributed by atoms with van der Waals surface area (Å²) in [6.07, 6.45) is 0. The molecule has 0 saturated heterocycles. The van der Waals surface area contributed by atoms with E-state index in [0.29, 0.717) is 0 Å². The number of fused-ring (bicyclic) bond motifs is 1. The van der Waals surface area contributed by atoms with Crippen molar-refractivity contribution in [3.05, 3.63) is 46.5 Å². The van der Waals surface area contributed by atoms with Crippen LogP contribution < -0.4 is 5.11 Å². The van der Waals surface area contributed by atoms with E-state index in [4.69, 9.17) is 15.3 Å². The van der Waals surface area contributed by atoms with Crippen LogP contribution in [0.2, 0.25) is 0 Å². The SMILES string of the molecule is O=C([O-])c1ccc(C(=O)O)c2c(C(=O)O)ccc(C(=O)O)c12. The second kappa shape index (κ2) is 5.17. The quantitative estimate of drug-likeness (QED) is 0.729. The molecule has 3 N–H and O–H groups in total. The molecule has 0 aliphatic heterocycles. The molecule has 2 rings (SSSR count). The molecular formula is C14H7O8-. The maximum Gasteiger partial charge on any atom is 0.336 e. The minimum atomic E-state index is -1.74. The normalized spacial score (nSPS) is 10.4. The molecule has 0 atom stereocenters. The number of carboxylic acids is 4. The van der Waals surface area contributed by atoms with Gasteiger partial charge in [0.15, 0.2) is 0 Å². The average Bonchev–Trinajstić information content (AvgIpc) is 2.43. The van der Waals surface area contributed by atoms with Crippen molar-refractivity contribution in [3.8, 4) is 0 Å². The van der Waals surface area contributed by atoms with Gasteiger partial charge in [-0.3, -0.25) is 0 Å². The van der Waals surface area contributed by atoms with E-state index in [0.717, 1.165) is 24.3 Å². The Bertz CT molecular complexity index is 712. The molecule has 0 heterocycles. The van der Waals surface area contributed by atoms with Crippen LogP contribution in [-0.4, -0.2) is 39.2 Å². The van der Waals surface area contributed by atoms with Crippen LogP contribution in [0.1, 0.15) is 41.4 Å². The molecule has 0 aromatic heterocycles. The fourth-order valence-electron chi connectivity index (χ4n) is 2.20. The van der Waals surface area contributed by atoms with Gasteiger partial charge in [0.25, 0.3) is 0 Å². The van der Waals surface area contributed by atoms with E-state index in [1.54, 1.807) is 0 Å². The highest BCUT2D eigenvalue weighted by atomic mass is 16.4. The number of benzene rings is 2. The molecule has 0 aliphatic rings. The highest BCUT2D eigenvalue weighted by Gasteiger charge is 2.23. The van der Waals surface area contributed by atoms with Crippen molar-refractivity contribution in [1.82, 2.24) is 0 Å². The summed E-state index contributed by atoms with van der Waals surface area (Å²) < 4.78 is 0. The van der Waals surface area contributed by atoms with Crippen molar-refractivity contribution in [1.29, 1.82) is 0 Å². The number of hydrogen-bond donors (Lipinski definition) is 3. The number of hydrogen-bond acceptors (Lipinski definition) is 5. The van der Waals surface area contributed by atoms with Gasteiger partial charge in [-0.25, -0.2) is 14.4 Å². The molecule has 8 heteroatoms. The molecule has 22 heavy (non-hydrogen) atoms. The van der Waals surface area contributed by atoms with E-state index in [9.17, 15) is 24.3 Å². The monoisotopic (exact) mass is 303 g/mol. The Morgan fingerprint density at radius 1 is 0.636 bits per heavy atom. The second-order valence-electron chi connectivity index (χ2n) is 4.27. The molecule has 0 unspecified atom stereocenters. The summed E-state index contributed by atoms with van der Waals surface area (Å²) in [5.74, 6) is -6.29. The predicted molar refractivity (Wildman–Crippen MR) is 69.2 cm³/mol. The summed E-state index contributed by atoms with van der Waals surface area (Å²) in [6, 6.07) is 3.60. The maximum absolute atomic E-state index is 11.2. The first kappa shape index (κ1) is 15.0. The Kier molecular flexibility index (Phi) is 3.52.